The van der Waals surface area contributed by atoms with Crippen molar-refractivity contribution in [3.05, 3.63) is 59.7 Å². The van der Waals surface area contributed by atoms with Crippen molar-refractivity contribution in [1.82, 2.24) is 20.7 Å². The van der Waals surface area contributed by atoms with E-state index in [-0.39, 0.29) is 18.1 Å². The monoisotopic (exact) mass is 410 g/mol. The molecule has 0 saturated carbocycles. The summed E-state index contributed by atoms with van der Waals surface area (Å²) >= 11 is 0. The third-order valence-electron chi connectivity index (χ3n) is 5.86. The summed E-state index contributed by atoms with van der Waals surface area (Å²) < 4.78 is 10.9. The van der Waals surface area contributed by atoms with Crippen LogP contribution in [0, 0.1) is 0 Å². The minimum absolute atomic E-state index is 0.0484. The molecule has 2 heterocycles. The summed E-state index contributed by atoms with van der Waals surface area (Å²) in [6.07, 6.45) is 1.23. The molecular formula is C23H30N4O3. The van der Waals surface area contributed by atoms with Crippen LogP contribution in [0.3, 0.4) is 0 Å². The summed E-state index contributed by atoms with van der Waals surface area (Å²) in [4.78, 5) is 17.3. The number of amides is 1. The summed E-state index contributed by atoms with van der Waals surface area (Å²) in [5.74, 6) is 1.58. The van der Waals surface area contributed by atoms with Crippen LogP contribution in [0.15, 0.2) is 48.5 Å². The molecule has 4 rings (SSSR count). The van der Waals surface area contributed by atoms with Crippen LogP contribution in [0.5, 0.6) is 11.5 Å². The fraction of sp³-hybridized carbons (Fsp3) is 0.435. The lowest BCUT2D eigenvalue weighted by molar-refractivity contribution is 0.0541. The van der Waals surface area contributed by atoms with Crippen molar-refractivity contribution in [2.45, 2.75) is 25.6 Å². The molecule has 0 aromatic heterocycles. The molecule has 2 unspecified atom stereocenters. The van der Waals surface area contributed by atoms with Crippen molar-refractivity contribution in [3.63, 3.8) is 0 Å². The quantitative estimate of drug-likeness (QED) is 0.763. The van der Waals surface area contributed by atoms with Gasteiger partial charge >= 0.3 is 0 Å². The van der Waals surface area contributed by atoms with Gasteiger partial charge in [-0.25, -0.2) is 10.9 Å². The van der Waals surface area contributed by atoms with E-state index in [0.29, 0.717) is 31.0 Å². The standard InChI is InChI=1S/C23H30N4O3/c1-3-30-21-7-5-4-6-19(21)23(28)27-14-12-26(13-15-27)22-16-20(24-25-22)17-8-10-18(29-2)11-9-17/h4-11,20,22,24-25H,3,12-16H2,1-2H3. The lowest BCUT2D eigenvalue weighted by Gasteiger charge is -2.37. The second kappa shape index (κ2) is 9.47. The number of carbonyl (C=O) groups excluding carboxylic acids is 1. The van der Waals surface area contributed by atoms with Crippen molar-refractivity contribution in [3.8, 4) is 11.5 Å². The minimum atomic E-state index is 0.0484. The highest BCUT2D eigenvalue weighted by Crippen LogP contribution is 2.26. The van der Waals surface area contributed by atoms with Gasteiger partial charge in [0.1, 0.15) is 11.5 Å². The fourth-order valence-electron chi connectivity index (χ4n) is 4.17. The number of hydrazine groups is 1. The molecule has 2 saturated heterocycles. The van der Waals surface area contributed by atoms with E-state index >= 15 is 0 Å². The summed E-state index contributed by atoms with van der Waals surface area (Å²) in [5.41, 5.74) is 8.72. The predicted molar refractivity (Wildman–Crippen MR) is 115 cm³/mol. The van der Waals surface area contributed by atoms with Gasteiger partial charge in [-0.2, -0.15) is 0 Å². The maximum Gasteiger partial charge on any atom is 0.257 e. The SMILES string of the molecule is CCOc1ccccc1C(=O)N1CCN(C2CC(c3ccc(OC)cc3)NN2)CC1. The number of piperazine rings is 1. The molecule has 2 aromatic rings. The third-order valence-corrected chi connectivity index (χ3v) is 5.86. The summed E-state index contributed by atoms with van der Waals surface area (Å²) in [5, 5.41) is 0. The zero-order valence-electron chi connectivity index (χ0n) is 17.6. The largest absolute Gasteiger partial charge is 0.497 e. The average molecular weight is 411 g/mol. The molecule has 7 heteroatoms. The van der Waals surface area contributed by atoms with Gasteiger partial charge in [-0.15, -0.1) is 0 Å². The first-order chi connectivity index (χ1) is 14.7. The number of hydrogen-bond donors (Lipinski definition) is 2. The van der Waals surface area contributed by atoms with Gasteiger partial charge in [0.25, 0.3) is 5.91 Å². The molecule has 1 amide bonds. The number of nitrogens with one attached hydrogen (secondary N) is 2. The Kier molecular flexibility index (Phi) is 6.52. The molecule has 7 nitrogen and oxygen atoms in total. The van der Waals surface area contributed by atoms with Crippen molar-refractivity contribution >= 4 is 5.91 Å². The number of methoxy groups -OCH3 is 1. The van der Waals surface area contributed by atoms with E-state index in [1.165, 1.54) is 5.56 Å². The Morgan fingerprint density at radius 3 is 2.47 bits per heavy atom. The van der Waals surface area contributed by atoms with E-state index in [0.717, 1.165) is 25.3 Å². The second-order valence-corrected chi connectivity index (χ2v) is 7.62. The number of para-hydroxylation sites is 1. The van der Waals surface area contributed by atoms with E-state index in [9.17, 15) is 4.79 Å². The second-order valence-electron chi connectivity index (χ2n) is 7.62. The highest BCUT2D eigenvalue weighted by molar-refractivity contribution is 5.97. The van der Waals surface area contributed by atoms with Crippen molar-refractivity contribution < 1.29 is 14.3 Å². The Labute approximate surface area is 177 Å². The normalized spacial score (nSPS) is 22.1. The van der Waals surface area contributed by atoms with Gasteiger partial charge < -0.3 is 14.4 Å². The molecule has 0 aliphatic carbocycles. The molecule has 2 aliphatic heterocycles. The van der Waals surface area contributed by atoms with E-state index < -0.39 is 0 Å². The predicted octanol–water partition coefficient (Wildman–Crippen LogP) is 2.42. The third kappa shape index (κ3) is 4.43. The topological polar surface area (TPSA) is 66.1 Å². The van der Waals surface area contributed by atoms with Crippen LogP contribution >= 0.6 is 0 Å². The van der Waals surface area contributed by atoms with Crippen LogP contribution in [0.4, 0.5) is 0 Å². The van der Waals surface area contributed by atoms with Gasteiger partial charge in [-0.3, -0.25) is 9.69 Å². The number of benzene rings is 2. The summed E-state index contributed by atoms with van der Waals surface area (Å²) in [7, 11) is 1.68. The van der Waals surface area contributed by atoms with Gasteiger partial charge in [0.2, 0.25) is 0 Å². The molecule has 0 radical (unpaired) electrons. The van der Waals surface area contributed by atoms with Crippen molar-refractivity contribution in [1.29, 1.82) is 0 Å². The molecule has 2 aromatic carbocycles. The van der Waals surface area contributed by atoms with Crippen molar-refractivity contribution in [2.24, 2.45) is 0 Å². The Bertz CT molecular complexity index is 850. The number of ether oxygens (including phenoxy) is 2. The van der Waals surface area contributed by atoms with Crippen LogP contribution in [0.1, 0.15) is 35.3 Å². The summed E-state index contributed by atoms with van der Waals surface area (Å²) in [6.45, 7) is 5.60. The van der Waals surface area contributed by atoms with Crippen LogP contribution in [-0.2, 0) is 0 Å². The van der Waals surface area contributed by atoms with Crippen LogP contribution in [0.25, 0.3) is 0 Å². The first-order valence-electron chi connectivity index (χ1n) is 10.6. The fourth-order valence-corrected chi connectivity index (χ4v) is 4.17. The molecule has 30 heavy (non-hydrogen) atoms. The Balaban J connectivity index is 1.32. The zero-order valence-corrected chi connectivity index (χ0v) is 17.6. The molecular weight excluding hydrogens is 380 g/mol. The number of nitrogens with zero attached hydrogens (tertiary/aromatic N) is 2. The molecule has 2 fully saturated rings. The molecule has 2 aliphatic rings. The van der Waals surface area contributed by atoms with Gasteiger partial charge in [0.05, 0.1) is 25.4 Å². The number of carbonyl (C=O) groups is 1. The number of hydrogen-bond acceptors (Lipinski definition) is 6. The average Bonchev–Trinajstić information content (AvgIpc) is 3.30. The van der Waals surface area contributed by atoms with Gasteiger partial charge in [-0.05, 0) is 43.2 Å². The van der Waals surface area contributed by atoms with E-state index in [1.807, 2.05) is 48.2 Å². The van der Waals surface area contributed by atoms with E-state index in [1.54, 1.807) is 7.11 Å². The maximum atomic E-state index is 13.0. The summed E-state index contributed by atoms with van der Waals surface area (Å²) in [6, 6.07) is 16.0. The number of rotatable bonds is 6. The molecule has 2 N–H and O–H groups in total. The van der Waals surface area contributed by atoms with Crippen LogP contribution in [-0.4, -0.2) is 61.8 Å². The molecule has 0 bridgehead atoms. The van der Waals surface area contributed by atoms with Crippen LogP contribution in [0.2, 0.25) is 0 Å². The lowest BCUT2D eigenvalue weighted by Crippen LogP contribution is -2.55. The van der Waals surface area contributed by atoms with Gasteiger partial charge in [0.15, 0.2) is 0 Å². The van der Waals surface area contributed by atoms with Crippen molar-refractivity contribution in [2.75, 3.05) is 39.9 Å². The molecule has 160 valence electrons. The van der Waals surface area contributed by atoms with Gasteiger partial charge in [-0.1, -0.05) is 24.3 Å². The Morgan fingerprint density at radius 2 is 1.77 bits per heavy atom. The first-order valence-corrected chi connectivity index (χ1v) is 10.6. The Hall–Kier alpha value is -2.61. The Morgan fingerprint density at radius 1 is 1.03 bits per heavy atom. The zero-order chi connectivity index (χ0) is 20.9. The highest BCUT2D eigenvalue weighted by atomic mass is 16.5. The highest BCUT2D eigenvalue weighted by Gasteiger charge is 2.32. The maximum absolute atomic E-state index is 13.0. The lowest BCUT2D eigenvalue weighted by atomic mass is 10.0. The van der Waals surface area contributed by atoms with Crippen LogP contribution < -0.4 is 20.3 Å². The smallest absolute Gasteiger partial charge is 0.257 e. The molecule has 2 atom stereocenters. The minimum Gasteiger partial charge on any atom is -0.497 e. The first kappa shape index (κ1) is 20.7. The van der Waals surface area contributed by atoms with E-state index in [4.69, 9.17) is 9.47 Å². The van der Waals surface area contributed by atoms with E-state index in [2.05, 4.69) is 27.9 Å². The van der Waals surface area contributed by atoms with Gasteiger partial charge in [0, 0.05) is 32.2 Å². The molecule has 0 spiro atoms.